The summed E-state index contributed by atoms with van der Waals surface area (Å²) in [6.45, 7) is 21.1. The number of fused-ring (bicyclic) bond motifs is 6. The van der Waals surface area contributed by atoms with Crippen molar-refractivity contribution in [2.45, 2.75) is 47.1 Å². The van der Waals surface area contributed by atoms with Crippen LogP contribution in [-0.2, 0) is 12.6 Å². The minimum Gasteiger partial charge on any atom is -0.307 e. The van der Waals surface area contributed by atoms with Crippen LogP contribution in [0.15, 0.2) is 42.6 Å². The van der Waals surface area contributed by atoms with E-state index in [-0.39, 0.29) is 0 Å². The van der Waals surface area contributed by atoms with Crippen LogP contribution in [-0.4, -0.2) is 4.40 Å². The summed E-state index contributed by atoms with van der Waals surface area (Å²) in [6.07, 6.45) is 2.17. The fourth-order valence-electron chi connectivity index (χ4n) is 5.95. The molecule has 0 spiro atoms. The molecule has 6 aromatic rings. The lowest BCUT2D eigenvalue weighted by Crippen LogP contribution is -2.29. The van der Waals surface area contributed by atoms with Gasteiger partial charge >= 0.3 is 0 Å². The Bertz CT molecular complexity index is 1840. The van der Waals surface area contributed by atoms with Gasteiger partial charge in [-0.3, -0.25) is 0 Å². The van der Waals surface area contributed by atoms with Gasteiger partial charge in [0.2, 0.25) is 5.52 Å². The first kappa shape index (κ1) is 20.0. The molecule has 3 nitrogen and oxygen atoms in total. The molecule has 3 heteroatoms. The molecule has 0 unspecified atom stereocenters. The number of para-hydroxylation sites is 1. The van der Waals surface area contributed by atoms with Crippen molar-refractivity contribution in [3.63, 3.8) is 0 Å². The van der Waals surface area contributed by atoms with Crippen molar-refractivity contribution in [2.75, 3.05) is 0 Å². The van der Waals surface area contributed by atoms with Crippen LogP contribution in [0, 0.1) is 34.3 Å². The number of rotatable bonds is 1. The molecule has 0 aliphatic rings. The molecule has 0 fully saturated rings. The molecule has 0 saturated heterocycles. The standard InChI is InChI=1S/C30H28N3/c1-16-17(2)19(4)27-24(18(16)3)28-25-20(13-14-32(28)8)15-22(30(5,6)31-7)26-21-11-9-10-12-23(21)33(27)29(25)26/h9-15H,1-6,8H3/q+1. The number of pyridine rings is 2. The smallest absolute Gasteiger partial charge is 0.252 e. The van der Waals surface area contributed by atoms with Gasteiger partial charge in [0.15, 0.2) is 6.20 Å². The van der Waals surface area contributed by atoms with Crippen molar-refractivity contribution in [1.29, 1.82) is 0 Å². The number of aryl methyl sites for hydroxylation is 3. The number of benzene rings is 3. The average Bonchev–Trinajstić information content (AvgIpc) is 3.16. The van der Waals surface area contributed by atoms with Gasteiger partial charge in [-0.1, -0.05) is 18.2 Å². The predicted octanol–water partition coefficient (Wildman–Crippen LogP) is 7.20. The van der Waals surface area contributed by atoms with Crippen molar-refractivity contribution in [3.8, 4) is 0 Å². The Kier molecular flexibility index (Phi) is 3.78. The summed E-state index contributed by atoms with van der Waals surface area (Å²) < 4.78 is 4.77. The second kappa shape index (κ2) is 6.23. The monoisotopic (exact) mass is 430 g/mol. The van der Waals surface area contributed by atoms with Gasteiger partial charge in [-0.25, -0.2) is 11.1 Å². The minimum absolute atomic E-state index is 0.615. The fraction of sp³-hybridized carbons (Fsp3) is 0.267. The van der Waals surface area contributed by atoms with Crippen molar-refractivity contribution >= 4 is 49.0 Å². The molecule has 0 aliphatic heterocycles. The van der Waals surface area contributed by atoms with Gasteiger partial charge in [0.05, 0.1) is 27.3 Å². The molecule has 162 valence electrons. The molecule has 6 rings (SSSR count). The van der Waals surface area contributed by atoms with E-state index in [1.54, 1.807) is 0 Å². The predicted molar refractivity (Wildman–Crippen MR) is 138 cm³/mol. The molecular formula is C30H28N3+. The zero-order chi connectivity index (χ0) is 23.4. The summed E-state index contributed by atoms with van der Waals surface area (Å²) in [5.41, 5.74) is 10.9. The van der Waals surface area contributed by atoms with Gasteiger partial charge in [-0.15, -0.1) is 0 Å². The third-order valence-electron chi connectivity index (χ3n) is 8.09. The van der Waals surface area contributed by atoms with Crippen molar-refractivity contribution in [2.24, 2.45) is 7.05 Å². The summed E-state index contributed by atoms with van der Waals surface area (Å²) in [6, 6.07) is 13.2. The lowest BCUT2D eigenvalue weighted by Gasteiger charge is -2.20. The highest BCUT2D eigenvalue weighted by molar-refractivity contribution is 6.28. The Morgan fingerprint density at radius 2 is 1.55 bits per heavy atom. The number of nitrogens with zero attached hydrogens (tertiary/aromatic N) is 3. The van der Waals surface area contributed by atoms with Crippen LogP contribution >= 0.6 is 0 Å². The molecule has 0 amide bonds. The number of hydrogen-bond donors (Lipinski definition) is 0. The first-order valence-electron chi connectivity index (χ1n) is 11.6. The largest absolute Gasteiger partial charge is 0.307 e. The number of hydrogen-bond acceptors (Lipinski definition) is 0. The van der Waals surface area contributed by atoms with Crippen LogP contribution in [0.5, 0.6) is 0 Å². The molecule has 3 aromatic carbocycles. The van der Waals surface area contributed by atoms with E-state index in [0.717, 1.165) is 5.56 Å². The van der Waals surface area contributed by atoms with Gasteiger partial charge < -0.3 is 9.25 Å². The van der Waals surface area contributed by atoms with Gasteiger partial charge in [0.1, 0.15) is 7.05 Å². The summed E-state index contributed by atoms with van der Waals surface area (Å²) in [7, 11) is 2.16. The number of aromatic nitrogens is 2. The second-order valence-corrected chi connectivity index (χ2v) is 10.1. The summed E-state index contributed by atoms with van der Waals surface area (Å²) in [4.78, 5) is 4.06. The zero-order valence-corrected chi connectivity index (χ0v) is 20.4. The molecular weight excluding hydrogens is 402 g/mol. The van der Waals surface area contributed by atoms with Crippen molar-refractivity contribution in [1.82, 2.24) is 4.40 Å². The third kappa shape index (κ3) is 2.26. The molecule has 0 bridgehead atoms. The van der Waals surface area contributed by atoms with E-state index in [0.29, 0.717) is 0 Å². The van der Waals surface area contributed by atoms with Crippen LogP contribution < -0.4 is 4.57 Å². The highest BCUT2D eigenvalue weighted by Gasteiger charge is 2.34. The van der Waals surface area contributed by atoms with E-state index in [1.807, 2.05) is 13.8 Å². The average molecular weight is 431 g/mol. The van der Waals surface area contributed by atoms with E-state index in [4.69, 9.17) is 6.57 Å². The highest BCUT2D eigenvalue weighted by atomic mass is 15.0. The van der Waals surface area contributed by atoms with Crippen molar-refractivity contribution < 1.29 is 4.57 Å². The van der Waals surface area contributed by atoms with E-state index in [9.17, 15) is 0 Å². The van der Waals surface area contributed by atoms with Gasteiger partial charge in [0, 0.05) is 36.2 Å². The van der Waals surface area contributed by atoms with Gasteiger partial charge in [-0.05, 0) is 67.5 Å². The maximum absolute atomic E-state index is 7.98. The van der Waals surface area contributed by atoms with E-state index in [1.165, 1.54) is 71.3 Å². The molecule has 0 atom stereocenters. The maximum Gasteiger partial charge on any atom is 0.252 e. The minimum atomic E-state index is -0.615. The van der Waals surface area contributed by atoms with Gasteiger partial charge in [-0.2, -0.15) is 0 Å². The second-order valence-electron chi connectivity index (χ2n) is 10.1. The summed E-state index contributed by atoms with van der Waals surface area (Å²) in [5.74, 6) is 0. The van der Waals surface area contributed by atoms with Crippen LogP contribution in [0.2, 0.25) is 0 Å². The lowest BCUT2D eigenvalue weighted by molar-refractivity contribution is -0.643. The van der Waals surface area contributed by atoms with E-state index in [2.05, 4.69) is 91.2 Å². The summed E-state index contributed by atoms with van der Waals surface area (Å²) in [5, 5.41) is 6.26. The molecule has 0 saturated carbocycles. The Labute approximate surface area is 194 Å². The van der Waals surface area contributed by atoms with E-state index < -0.39 is 5.54 Å². The fourth-order valence-corrected chi connectivity index (χ4v) is 5.95. The highest BCUT2D eigenvalue weighted by Crippen LogP contribution is 2.46. The Balaban J connectivity index is 2.14. The Morgan fingerprint density at radius 1 is 0.848 bits per heavy atom. The zero-order valence-electron chi connectivity index (χ0n) is 20.4. The molecule has 0 N–H and O–H groups in total. The first-order valence-corrected chi connectivity index (χ1v) is 11.6. The molecule has 33 heavy (non-hydrogen) atoms. The molecule has 0 aliphatic carbocycles. The quantitative estimate of drug-likeness (QED) is 0.113. The van der Waals surface area contributed by atoms with Crippen LogP contribution in [0.1, 0.15) is 41.7 Å². The SMILES string of the molecule is [C-]#[N+]C(C)(C)c1cc2cc[n+](C)c3c4c(C)c(C)c(C)c(C)c4n4c5ccccc5c1c4c23. The maximum atomic E-state index is 7.98. The Morgan fingerprint density at radius 3 is 2.27 bits per heavy atom. The lowest BCUT2D eigenvalue weighted by atomic mass is 9.87. The van der Waals surface area contributed by atoms with Crippen LogP contribution in [0.25, 0.3) is 53.8 Å². The van der Waals surface area contributed by atoms with Crippen LogP contribution in [0.4, 0.5) is 0 Å². The van der Waals surface area contributed by atoms with E-state index >= 15 is 0 Å². The molecule has 0 radical (unpaired) electrons. The normalized spacial score (nSPS) is 12.7. The molecule has 3 aromatic heterocycles. The Hall–Kier alpha value is -3.64. The first-order chi connectivity index (χ1) is 15.7. The van der Waals surface area contributed by atoms with Crippen molar-refractivity contribution in [3.05, 3.63) is 81.8 Å². The molecule has 3 heterocycles. The van der Waals surface area contributed by atoms with Gasteiger partial charge in [0.25, 0.3) is 5.54 Å². The topological polar surface area (TPSA) is 12.7 Å². The summed E-state index contributed by atoms with van der Waals surface area (Å²) >= 11 is 0. The van der Waals surface area contributed by atoms with Crippen LogP contribution in [0.3, 0.4) is 0 Å². The third-order valence-corrected chi connectivity index (χ3v) is 8.09.